The Hall–Kier alpha value is -1.56. The number of carbonyl (C=O) groups is 1. The maximum absolute atomic E-state index is 12.5. The first-order valence-electron chi connectivity index (χ1n) is 7.06. The van der Waals surface area contributed by atoms with Crippen LogP contribution in [0.25, 0.3) is 0 Å². The van der Waals surface area contributed by atoms with Crippen LogP contribution >= 0.6 is 0 Å². The molecule has 1 aliphatic heterocycles. The van der Waals surface area contributed by atoms with Crippen molar-refractivity contribution in [2.45, 2.75) is 32.0 Å². The van der Waals surface area contributed by atoms with Crippen molar-refractivity contribution >= 4 is 5.91 Å². The molecule has 1 aliphatic rings. The highest BCUT2D eigenvalue weighted by molar-refractivity contribution is 5.79. The van der Waals surface area contributed by atoms with Gasteiger partial charge < -0.3 is 10.6 Å². The van der Waals surface area contributed by atoms with Gasteiger partial charge in [-0.15, -0.1) is 0 Å². The Morgan fingerprint density at radius 3 is 2.52 bits per heavy atom. The fourth-order valence-electron chi connectivity index (χ4n) is 2.45. The van der Waals surface area contributed by atoms with Crippen molar-refractivity contribution in [1.29, 1.82) is 0 Å². The Bertz CT molecular complexity index is 479. The number of hydrogen-bond donors (Lipinski definition) is 2. The van der Waals surface area contributed by atoms with Gasteiger partial charge in [0.15, 0.2) is 0 Å². The SMILES string of the molecule is CC(NC(=O)[C@H]1CCCNC1)c1ccc(C(F)(F)F)cc1. The summed E-state index contributed by atoms with van der Waals surface area (Å²) in [5.74, 6) is -0.106. The fraction of sp³-hybridized carbons (Fsp3) is 0.533. The summed E-state index contributed by atoms with van der Waals surface area (Å²) >= 11 is 0. The van der Waals surface area contributed by atoms with Crippen LogP contribution in [0, 0.1) is 5.92 Å². The zero-order valence-corrected chi connectivity index (χ0v) is 11.8. The van der Waals surface area contributed by atoms with E-state index in [1.54, 1.807) is 6.92 Å². The normalized spacial score (nSPS) is 20.9. The highest BCUT2D eigenvalue weighted by Gasteiger charge is 2.30. The van der Waals surface area contributed by atoms with E-state index < -0.39 is 11.7 Å². The molecule has 0 radical (unpaired) electrons. The second kappa shape index (κ2) is 6.47. The molecular formula is C15H19F3N2O. The molecule has 6 heteroatoms. The number of carbonyl (C=O) groups excluding carboxylic acids is 1. The van der Waals surface area contributed by atoms with Gasteiger partial charge in [0.25, 0.3) is 0 Å². The quantitative estimate of drug-likeness (QED) is 0.901. The van der Waals surface area contributed by atoms with Gasteiger partial charge >= 0.3 is 6.18 Å². The molecule has 3 nitrogen and oxygen atoms in total. The van der Waals surface area contributed by atoms with E-state index in [-0.39, 0.29) is 17.9 Å². The standard InChI is InChI=1S/C15H19F3N2O/c1-10(20-14(21)12-3-2-8-19-9-12)11-4-6-13(7-5-11)15(16,17)18/h4-7,10,12,19H,2-3,8-9H2,1H3,(H,20,21)/t10?,12-/m0/s1. The lowest BCUT2D eigenvalue weighted by Gasteiger charge is -2.24. The van der Waals surface area contributed by atoms with Gasteiger partial charge in [-0.25, -0.2) is 0 Å². The topological polar surface area (TPSA) is 41.1 Å². The lowest BCUT2D eigenvalue weighted by atomic mass is 9.97. The van der Waals surface area contributed by atoms with Gasteiger partial charge in [-0.05, 0) is 44.0 Å². The lowest BCUT2D eigenvalue weighted by Crippen LogP contribution is -2.41. The number of benzene rings is 1. The number of piperidine rings is 1. The van der Waals surface area contributed by atoms with Crippen molar-refractivity contribution in [3.05, 3.63) is 35.4 Å². The number of hydrogen-bond acceptors (Lipinski definition) is 2. The third-order valence-electron chi connectivity index (χ3n) is 3.76. The smallest absolute Gasteiger partial charge is 0.349 e. The van der Waals surface area contributed by atoms with Gasteiger partial charge in [-0.3, -0.25) is 4.79 Å². The van der Waals surface area contributed by atoms with Gasteiger partial charge in [0.1, 0.15) is 0 Å². The summed E-state index contributed by atoms with van der Waals surface area (Å²) in [7, 11) is 0. The molecule has 0 saturated carbocycles. The van der Waals surface area contributed by atoms with Crippen LogP contribution in [-0.2, 0) is 11.0 Å². The maximum atomic E-state index is 12.5. The minimum absolute atomic E-state index is 0.0467. The largest absolute Gasteiger partial charge is 0.416 e. The molecule has 1 fully saturated rings. The van der Waals surface area contributed by atoms with Gasteiger partial charge in [0, 0.05) is 6.54 Å². The molecule has 1 aromatic carbocycles. The van der Waals surface area contributed by atoms with Crippen molar-refractivity contribution in [3.8, 4) is 0 Å². The highest BCUT2D eigenvalue weighted by Crippen LogP contribution is 2.29. The molecule has 2 atom stereocenters. The van der Waals surface area contributed by atoms with Crippen LogP contribution in [0.3, 0.4) is 0 Å². The summed E-state index contributed by atoms with van der Waals surface area (Å²) < 4.78 is 37.5. The van der Waals surface area contributed by atoms with E-state index in [2.05, 4.69) is 10.6 Å². The van der Waals surface area contributed by atoms with Crippen molar-refractivity contribution in [2.75, 3.05) is 13.1 Å². The van der Waals surface area contributed by atoms with Gasteiger partial charge in [0.2, 0.25) is 5.91 Å². The van der Waals surface area contributed by atoms with E-state index in [4.69, 9.17) is 0 Å². The summed E-state index contributed by atoms with van der Waals surface area (Å²) in [5.41, 5.74) is -0.0126. The average Bonchev–Trinajstić information content (AvgIpc) is 2.47. The van der Waals surface area contributed by atoms with E-state index in [0.29, 0.717) is 12.1 Å². The molecule has 1 heterocycles. The second-order valence-electron chi connectivity index (χ2n) is 5.39. The number of alkyl halides is 3. The Morgan fingerprint density at radius 1 is 1.33 bits per heavy atom. The summed E-state index contributed by atoms with van der Waals surface area (Å²) in [6, 6.07) is 4.60. The van der Waals surface area contributed by atoms with E-state index >= 15 is 0 Å². The number of amides is 1. The number of rotatable bonds is 3. The van der Waals surface area contributed by atoms with Crippen LogP contribution in [0.5, 0.6) is 0 Å². The molecule has 21 heavy (non-hydrogen) atoms. The summed E-state index contributed by atoms with van der Waals surface area (Å²) in [6.45, 7) is 3.36. The zero-order chi connectivity index (χ0) is 15.5. The Morgan fingerprint density at radius 2 is 2.00 bits per heavy atom. The molecule has 0 bridgehead atoms. The molecule has 1 saturated heterocycles. The molecule has 0 spiro atoms. The molecular weight excluding hydrogens is 281 g/mol. The third-order valence-corrected chi connectivity index (χ3v) is 3.76. The zero-order valence-electron chi connectivity index (χ0n) is 11.8. The molecule has 1 amide bonds. The summed E-state index contributed by atoms with van der Waals surface area (Å²) in [4.78, 5) is 12.1. The number of nitrogens with one attached hydrogen (secondary N) is 2. The van der Waals surface area contributed by atoms with Crippen LogP contribution in [0.4, 0.5) is 13.2 Å². The van der Waals surface area contributed by atoms with Gasteiger partial charge in [-0.2, -0.15) is 13.2 Å². The fourth-order valence-corrected chi connectivity index (χ4v) is 2.45. The first kappa shape index (κ1) is 15.8. The average molecular weight is 300 g/mol. The van der Waals surface area contributed by atoms with Crippen LogP contribution in [0.15, 0.2) is 24.3 Å². The van der Waals surface area contributed by atoms with Crippen molar-refractivity contribution in [3.63, 3.8) is 0 Å². The molecule has 0 aliphatic carbocycles. The molecule has 2 N–H and O–H groups in total. The third kappa shape index (κ3) is 4.20. The summed E-state index contributed by atoms with van der Waals surface area (Å²) in [5, 5.41) is 6.03. The number of halogens is 3. The minimum Gasteiger partial charge on any atom is -0.349 e. The Kier molecular flexibility index (Phi) is 4.88. The van der Waals surface area contributed by atoms with Crippen molar-refractivity contribution < 1.29 is 18.0 Å². The molecule has 116 valence electrons. The van der Waals surface area contributed by atoms with E-state index in [1.807, 2.05) is 0 Å². The Labute approximate surface area is 121 Å². The van der Waals surface area contributed by atoms with Gasteiger partial charge in [-0.1, -0.05) is 12.1 Å². The monoisotopic (exact) mass is 300 g/mol. The molecule has 2 rings (SSSR count). The van der Waals surface area contributed by atoms with Crippen molar-refractivity contribution in [1.82, 2.24) is 10.6 Å². The van der Waals surface area contributed by atoms with E-state index in [0.717, 1.165) is 31.5 Å². The molecule has 1 unspecified atom stereocenters. The first-order valence-corrected chi connectivity index (χ1v) is 7.06. The maximum Gasteiger partial charge on any atom is 0.416 e. The highest BCUT2D eigenvalue weighted by atomic mass is 19.4. The lowest BCUT2D eigenvalue weighted by molar-refractivity contribution is -0.137. The summed E-state index contributed by atoms with van der Waals surface area (Å²) in [6.07, 6.45) is -2.52. The van der Waals surface area contributed by atoms with Crippen LogP contribution in [0.2, 0.25) is 0 Å². The molecule has 0 aromatic heterocycles. The van der Waals surface area contributed by atoms with E-state index in [1.165, 1.54) is 12.1 Å². The minimum atomic E-state index is -4.33. The Balaban J connectivity index is 1.96. The van der Waals surface area contributed by atoms with Crippen LogP contribution in [-0.4, -0.2) is 19.0 Å². The van der Waals surface area contributed by atoms with Crippen molar-refractivity contribution in [2.24, 2.45) is 5.92 Å². The first-order chi connectivity index (χ1) is 9.88. The van der Waals surface area contributed by atoms with Gasteiger partial charge in [0.05, 0.1) is 17.5 Å². The predicted octanol–water partition coefficient (Wildman–Crippen LogP) is 2.88. The van der Waals surface area contributed by atoms with E-state index in [9.17, 15) is 18.0 Å². The second-order valence-corrected chi connectivity index (χ2v) is 5.39. The molecule has 1 aromatic rings. The predicted molar refractivity (Wildman–Crippen MR) is 73.6 cm³/mol. The van der Waals surface area contributed by atoms with Crippen LogP contribution < -0.4 is 10.6 Å². The van der Waals surface area contributed by atoms with Crippen LogP contribution in [0.1, 0.15) is 36.9 Å².